The van der Waals surface area contributed by atoms with Gasteiger partial charge in [0.2, 0.25) is 0 Å². The Labute approximate surface area is 122 Å². The Balaban J connectivity index is 1.86. The molecule has 1 aliphatic rings. The van der Waals surface area contributed by atoms with Crippen LogP contribution >= 0.6 is 11.3 Å². The standard InChI is InChI=1S/C16H17NO2S/c1-11-6-7-14(20-11)10-17-9-13-5-3-2-4-12(13)8-15(17)16(18)19/h2-7,15H,8-10H2,1H3,(H,18,19). The summed E-state index contributed by atoms with van der Waals surface area (Å²) in [7, 11) is 0. The minimum Gasteiger partial charge on any atom is -0.480 e. The summed E-state index contributed by atoms with van der Waals surface area (Å²) in [4.78, 5) is 16.1. The Morgan fingerprint density at radius 3 is 2.70 bits per heavy atom. The van der Waals surface area contributed by atoms with Gasteiger partial charge in [-0.15, -0.1) is 11.3 Å². The zero-order valence-corrected chi connectivity index (χ0v) is 12.2. The lowest BCUT2D eigenvalue weighted by atomic mass is 9.94. The maximum absolute atomic E-state index is 11.5. The summed E-state index contributed by atoms with van der Waals surface area (Å²) < 4.78 is 0. The van der Waals surface area contributed by atoms with Crippen LogP contribution in [-0.2, 0) is 24.3 Å². The van der Waals surface area contributed by atoms with E-state index in [1.54, 1.807) is 11.3 Å². The summed E-state index contributed by atoms with van der Waals surface area (Å²) in [5, 5.41) is 9.48. The van der Waals surface area contributed by atoms with Crippen LogP contribution in [0.5, 0.6) is 0 Å². The predicted octanol–water partition coefficient (Wildman–Crippen LogP) is 3.07. The van der Waals surface area contributed by atoms with Gasteiger partial charge in [-0.2, -0.15) is 0 Å². The second kappa shape index (κ2) is 5.38. The lowest BCUT2D eigenvalue weighted by Gasteiger charge is -2.34. The molecule has 0 amide bonds. The van der Waals surface area contributed by atoms with Crippen LogP contribution in [-0.4, -0.2) is 22.0 Å². The number of fused-ring (bicyclic) bond motifs is 1. The third-order valence-corrected chi connectivity index (χ3v) is 4.77. The van der Waals surface area contributed by atoms with Gasteiger partial charge >= 0.3 is 5.97 Å². The summed E-state index contributed by atoms with van der Waals surface area (Å²) >= 11 is 1.74. The Kier molecular flexibility index (Phi) is 3.59. The van der Waals surface area contributed by atoms with Crippen molar-refractivity contribution in [1.82, 2.24) is 4.90 Å². The molecule has 20 heavy (non-hydrogen) atoms. The van der Waals surface area contributed by atoms with Gasteiger partial charge in [0.1, 0.15) is 6.04 Å². The van der Waals surface area contributed by atoms with Crippen LogP contribution in [0.3, 0.4) is 0 Å². The smallest absolute Gasteiger partial charge is 0.321 e. The fourth-order valence-electron chi connectivity index (χ4n) is 2.76. The number of rotatable bonds is 3. The highest BCUT2D eigenvalue weighted by atomic mass is 32.1. The topological polar surface area (TPSA) is 40.5 Å². The first-order valence-electron chi connectivity index (χ1n) is 6.72. The van der Waals surface area contributed by atoms with Gasteiger partial charge in [0, 0.05) is 22.8 Å². The molecule has 1 aliphatic heterocycles. The number of benzene rings is 1. The van der Waals surface area contributed by atoms with E-state index in [1.807, 2.05) is 18.2 Å². The molecule has 1 aromatic heterocycles. The van der Waals surface area contributed by atoms with E-state index in [2.05, 4.69) is 30.0 Å². The normalized spacial score (nSPS) is 18.8. The van der Waals surface area contributed by atoms with Crippen LogP contribution < -0.4 is 0 Å². The Morgan fingerprint density at radius 2 is 2.05 bits per heavy atom. The zero-order valence-electron chi connectivity index (χ0n) is 11.4. The van der Waals surface area contributed by atoms with Crippen LogP contribution in [0.1, 0.15) is 20.9 Å². The molecule has 3 nitrogen and oxygen atoms in total. The van der Waals surface area contributed by atoms with E-state index in [0.717, 1.165) is 0 Å². The lowest BCUT2D eigenvalue weighted by molar-refractivity contribution is -0.144. The molecule has 1 N–H and O–H groups in total. The Bertz CT molecular complexity index is 635. The number of aliphatic carboxylic acids is 1. The molecular weight excluding hydrogens is 270 g/mol. The Hall–Kier alpha value is -1.65. The van der Waals surface area contributed by atoms with Crippen molar-refractivity contribution >= 4 is 17.3 Å². The highest BCUT2D eigenvalue weighted by molar-refractivity contribution is 7.11. The summed E-state index contributed by atoms with van der Waals surface area (Å²) in [6, 6.07) is 11.9. The van der Waals surface area contributed by atoms with Crippen molar-refractivity contribution in [3.63, 3.8) is 0 Å². The molecule has 0 saturated heterocycles. The molecule has 0 spiro atoms. The second-order valence-electron chi connectivity index (χ2n) is 5.24. The number of carboxylic acid groups (broad SMARTS) is 1. The summed E-state index contributed by atoms with van der Waals surface area (Å²) in [5.74, 6) is -0.729. The first kappa shape index (κ1) is 13.3. The number of thiophene rings is 1. The SMILES string of the molecule is Cc1ccc(CN2Cc3ccccc3CC2C(=O)O)s1. The summed E-state index contributed by atoms with van der Waals surface area (Å²) in [6.45, 7) is 3.50. The summed E-state index contributed by atoms with van der Waals surface area (Å²) in [6.07, 6.45) is 0.593. The third kappa shape index (κ3) is 2.62. The largest absolute Gasteiger partial charge is 0.480 e. The van der Waals surface area contributed by atoms with Crippen LogP contribution in [0.4, 0.5) is 0 Å². The van der Waals surface area contributed by atoms with E-state index in [0.29, 0.717) is 19.5 Å². The van der Waals surface area contributed by atoms with Gasteiger partial charge in [0.05, 0.1) is 0 Å². The number of carboxylic acids is 1. The van der Waals surface area contributed by atoms with Gasteiger partial charge < -0.3 is 5.11 Å². The molecule has 1 atom stereocenters. The third-order valence-electron chi connectivity index (χ3n) is 3.79. The molecule has 104 valence electrons. The number of aryl methyl sites for hydroxylation is 1. The molecule has 0 saturated carbocycles. The molecule has 0 aliphatic carbocycles. The highest BCUT2D eigenvalue weighted by Gasteiger charge is 2.31. The first-order chi connectivity index (χ1) is 9.63. The molecule has 0 bridgehead atoms. The van der Waals surface area contributed by atoms with Crippen molar-refractivity contribution in [2.75, 3.05) is 0 Å². The van der Waals surface area contributed by atoms with E-state index >= 15 is 0 Å². The molecular formula is C16H17NO2S. The lowest BCUT2D eigenvalue weighted by Crippen LogP contribution is -2.44. The number of hydrogen-bond acceptors (Lipinski definition) is 3. The van der Waals surface area contributed by atoms with Gasteiger partial charge in [-0.1, -0.05) is 24.3 Å². The maximum Gasteiger partial charge on any atom is 0.321 e. The number of carbonyl (C=O) groups is 1. The molecule has 0 fully saturated rings. The van der Waals surface area contributed by atoms with Gasteiger partial charge in [0.25, 0.3) is 0 Å². The average molecular weight is 287 g/mol. The van der Waals surface area contributed by atoms with Crippen molar-refractivity contribution in [2.45, 2.75) is 32.5 Å². The van der Waals surface area contributed by atoms with Crippen LogP contribution in [0.2, 0.25) is 0 Å². The van der Waals surface area contributed by atoms with E-state index < -0.39 is 12.0 Å². The second-order valence-corrected chi connectivity index (χ2v) is 6.62. The van der Waals surface area contributed by atoms with E-state index in [-0.39, 0.29) is 0 Å². The highest BCUT2D eigenvalue weighted by Crippen LogP contribution is 2.27. The quantitative estimate of drug-likeness (QED) is 0.943. The molecule has 4 heteroatoms. The van der Waals surface area contributed by atoms with Crippen molar-refractivity contribution in [2.24, 2.45) is 0 Å². The molecule has 1 unspecified atom stereocenters. The van der Waals surface area contributed by atoms with Crippen LogP contribution in [0, 0.1) is 6.92 Å². The Morgan fingerprint density at radius 1 is 1.30 bits per heavy atom. The van der Waals surface area contributed by atoms with Crippen molar-refractivity contribution in [3.05, 3.63) is 57.3 Å². The minimum atomic E-state index is -0.729. The minimum absolute atomic E-state index is 0.424. The maximum atomic E-state index is 11.5. The van der Waals surface area contributed by atoms with Crippen LogP contribution in [0.15, 0.2) is 36.4 Å². The first-order valence-corrected chi connectivity index (χ1v) is 7.54. The van der Waals surface area contributed by atoms with Crippen molar-refractivity contribution < 1.29 is 9.90 Å². The van der Waals surface area contributed by atoms with E-state index in [1.165, 1.54) is 20.9 Å². The fourth-order valence-corrected chi connectivity index (χ4v) is 3.67. The monoisotopic (exact) mass is 287 g/mol. The predicted molar refractivity (Wildman–Crippen MR) is 79.9 cm³/mol. The molecule has 3 rings (SSSR count). The van der Waals surface area contributed by atoms with Crippen LogP contribution in [0.25, 0.3) is 0 Å². The molecule has 2 aromatic rings. The molecule has 2 heterocycles. The molecule has 0 radical (unpaired) electrons. The fraction of sp³-hybridized carbons (Fsp3) is 0.312. The van der Waals surface area contributed by atoms with E-state index in [9.17, 15) is 9.90 Å². The van der Waals surface area contributed by atoms with Crippen molar-refractivity contribution in [3.8, 4) is 0 Å². The van der Waals surface area contributed by atoms with Gasteiger partial charge in [-0.3, -0.25) is 9.69 Å². The van der Waals surface area contributed by atoms with Gasteiger partial charge in [0.15, 0.2) is 0 Å². The van der Waals surface area contributed by atoms with E-state index in [4.69, 9.17) is 0 Å². The van der Waals surface area contributed by atoms with Gasteiger partial charge in [-0.05, 0) is 36.6 Å². The number of nitrogens with zero attached hydrogens (tertiary/aromatic N) is 1. The number of hydrogen-bond donors (Lipinski definition) is 1. The average Bonchev–Trinajstić information content (AvgIpc) is 2.83. The van der Waals surface area contributed by atoms with Gasteiger partial charge in [-0.25, -0.2) is 0 Å². The molecule has 1 aromatic carbocycles. The van der Waals surface area contributed by atoms with Crippen molar-refractivity contribution in [1.29, 1.82) is 0 Å². The zero-order chi connectivity index (χ0) is 14.1. The summed E-state index contributed by atoms with van der Waals surface area (Å²) in [5.41, 5.74) is 2.41.